The first-order valence-electron chi connectivity index (χ1n) is 9.96. The molecule has 0 aromatic heterocycles. The highest BCUT2D eigenvalue weighted by Crippen LogP contribution is 2.15. The van der Waals surface area contributed by atoms with Gasteiger partial charge >= 0.3 is 30.0 Å². The molecule has 0 N–H and O–H groups in total. The van der Waals surface area contributed by atoms with Crippen LogP contribution in [0.3, 0.4) is 0 Å². The molecular weight excluding hydrogens is 286 g/mol. The summed E-state index contributed by atoms with van der Waals surface area (Å²) in [6.07, 6.45) is 17.0. The molecule has 0 aliphatic carbocycles. The molecule has 3 heteroatoms. The molecule has 0 heterocycles. The van der Waals surface area contributed by atoms with Gasteiger partial charge in [-0.25, -0.2) is 0 Å². The second-order valence-electron chi connectivity index (χ2n) is 6.61. The molecule has 0 aliphatic rings. The van der Waals surface area contributed by atoms with Crippen LogP contribution >= 0.6 is 0 Å². The van der Waals surface area contributed by atoms with Crippen molar-refractivity contribution >= 4 is 30.0 Å². The summed E-state index contributed by atoms with van der Waals surface area (Å²) in [5.41, 5.74) is 0. The van der Waals surface area contributed by atoms with E-state index in [1.54, 1.807) is 0 Å². The average Bonchev–Trinajstić information content (AvgIpc) is 2.50. The van der Waals surface area contributed by atoms with Crippen LogP contribution < -0.4 is 0 Å². The van der Waals surface area contributed by atoms with E-state index in [-0.39, 0.29) is 15.6 Å². The summed E-state index contributed by atoms with van der Waals surface area (Å²) in [5, 5.41) is 4.37. The highest BCUT2D eigenvalue weighted by molar-refractivity contribution is 6.58. The summed E-state index contributed by atoms with van der Waals surface area (Å²) in [5.74, 6) is 0. The van der Waals surface area contributed by atoms with Crippen molar-refractivity contribution in [1.82, 2.24) is 0 Å². The average molecular weight is 326 g/mol. The van der Waals surface area contributed by atoms with Crippen LogP contribution in [0.15, 0.2) is 0 Å². The fourth-order valence-corrected chi connectivity index (χ4v) is 8.53. The number of unbranched alkanes of at least 4 members (excludes halogenated alkanes) is 9. The molecule has 0 amide bonds. The number of rotatable bonds is 17. The molecule has 0 radical (unpaired) electrons. The van der Waals surface area contributed by atoms with Gasteiger partial charge in [0.05, 0.1) is 0 Å². The number of hydrogen-bond acceptors (Lipinski definition) is 1. The van der Waals surface area contributed by atoms with Gasteiger partial charge in [0, 0.05) is 0 Å². The smallest absolute Gasteiger partial charge is 0.430 e. The molecular formula is C18H40Al2O. The Kier molecular flexibility index (Phi) is 20.0. The van der Waals surface area contributed by atoms with Gasteiger partial charge in [0.1, 0.15) is 0 Å². The van der Waals surface area contributed by atoms with Gasteiger partial charge in [-0.05, 0) is 0 Å². The van der Waals surface area contributed by atoms with Crippen molar-refractivity contribution in [3.05, 3.63) is 0 Å². The van der Waals surface area contributed by atoms with E-state index in [2.05, 4.69) is 20.8 Å². The molecule has 0 bridgehead atoms. The summed E-state index contributed by atoms with van der Waals surface area (Å²) < 4.78 is 6.46. The van der Waals surface area contributed by atoms with Crippen LogP contribution in [0.25, 0.3) is 0 Å². The van der Waals surface area contributed by atoms with Crippen LogP contribution in [0, 0.1) is 0 Å². The second-order valence-corrected chi connectivity index (χ2v) is 11.5. The van der Waals surface area contributed by atoms with Gasteiger partial charge in [-0.3, -0.25) is 0 Å². The highest BCUT2D eigenvalue weighted by atomic mass is 27.3. The van der Waals surface area contributed by atoms with Crippen LogP contribution in [-0.4, -0.2) is 30.0 Å². The standard InChI is InChI=1S/3C6H13.2Al.O.H/c3*1-3-5-6-4-2;;;;/h3*1,3-6H2,2H3;;;;. The third-order valence-corrected chi connectivity index (χ3v) is 10.1. The molecule has 1 nitrogen and oxygen atoms in total. The Labute approximate surface area is 146 Å². The molecule has 21 heavy (non-hydrogen) atoms. The fourth-order valence-electron chi connectivity index (χ4n) is 2.86. The van der Waals surface area contributed by atoms with Crippen molar-refractivity contribution in [3.63, 3.8) is 0 Å². The minimum Gasteiger partial charge on any atom is -0.639 e. The Morgan fingerprint density at radius 1 is 0.619 bits per heavy atom. The summed E-state index contributed by atoms with van der Waals surface area (Å²) >= 11 is -0.997. The lowest BCUT2D eigenvalue weighted by Crippen LogP contribution is -2.20. The van der Waals surface area contributed by atoms with Crippen molar-refractivity contribution in [3.8, 4) is 0 Å². The van der Waals surface area contributed by atoms with Gasteiger partial charge in [0.15, 0.2) is 0 Å². The molecule has 124 valence electrons. The van der Waals surface area contributed by atoms with Crippen LogP contribution in [0.5, 0.6) is 0 Å². The van der Waals surface area contributed by atoms with Gasteiger partial charge in [-0.1, -0.05) is 114 Å². The van der Waals surface area contributed by atoms with E-state index in [1.165, 1.54) is 92.9 Å². The molecule has 0 fully saturated rings. The summed E-state index contributed by atoms with van der Waals surface area (Å²) in [6.45, 7) is 6.90. The predicted octanol–water partition coefficient (Wildman–Crippen LogP) is 6.51. The maximum Gasteiger partial charge on any atom is 0.430 e. The zero-order valence-corrected chi connectivity index (χ0v) is 17.9. The topological polar surface area (TPSA) is 9.23 Å². The van der Waals surface area contributed by atoms with Gasteiger partial charge in [0.25, 0.3) is 0 Å². The van der Waals surface area contributed by atoms with Crippen molar-refractivity contribution in [2.24, 2.45) is 0 Å². The minimum absolute atomic E-state index is 0.181. The molecule has 0 atom stereocenters. The highest BCUT2D eigenvalue weighted by Gasteiger charge is 2.18. The maximum atomic E-state index is 6.46. The van der Waals surface area contributed by atoms with Crippen molar-refractivity contribution in [2.45, 2.75) is 114 Å². The lowest BCUT2D eigenvalue weighted by Gasteiger charge is -2.14. The lowest BCUT2D eigenvalue weighted by molar-refractivity contribution is 0.568. The quantitative estimate of drug-likeness (QED) is 0.219. The SMILES string of the molecule is CCCCC[CH2][AlH][O][Al]([CH2]CCCCC)[CH2]CCCCC. The van der Waals surface area contributed by atoms with E-state index in [0.29, 0.717) is 0 Å². The van der Waals surface area contributed by atoms with Crippen molar-refractivity contribution in [1.29, 1.82) is 0 Å². The van der Waals surface area contributed by atoms with E-state index < -0.39 is 14.5 Å². The molecule has 0 saturated carbocycles. The maximum absolute atomic E-state index is 6.46. The fraction of sp³-hybridized carbons (Fsp3) is 1.00. The lowest BCUT2D eigenvalue weighted by atomic mass is 10.2. The van der Waals surface area contributed by atoms with E-state index in [9.17, 15) is 0 Å². The monoisotopic (exact) mass is 326 g/mol. The minimum atomic E-state index is -0.816. The molecule has 0 aliphatic heterocycles. The third kappa shape index (κ3) is 17.2. The zero-order chi connectivity index (χ0) is 15.6. The van der Waals surface area contributed by atoms with E-state index in [0.717, 1.165) is 0 Å². The third-order valence-electron chi connectivity index (χ3n) is 4.36. The van der Waals surface area contributed by atoms with Crippen LogP contribution in [-0.2, 0) is 2.84 Å². The van der Waals surface area contributed by atoms with Crippen LogP contribution in [0.1, 0.15) is 97.8 Å². The first-order valence-corrected chi connectivity index (χ1v) is 13.6. The van der Waals surface area contributed by atoms with Gasteiger partial charge in [-0.2, -0.15) is 0 Å². The van der Waals surface area contributed by atoms with Crippen molar-refractivity contribution in [2.75, 3.05) is 0 Å². The Balaban J connectivity index is 3.67. The summed E-state index contributed by atoms with van der Waals surface area (Å²) in [4.78, 5) is 0. The van der Waals surface area contributed by atoms with E-state index in [4.69, 9.17) is 2.84 Å². The summed E-state index contributed by atoms with van der Waals surface area (Å²) in [6, 6.07) is 0. The largest absolute Gasteiger partial charge is 0.639 e. The molecule has 0 spiro atoms. The molecule has 0 rings (SSSR count). The van der Waals surface area contributed by atoms with Crippen LogP contribution in [0.2, 0.25) is 15.8 Å². The molecule has 0 aromatic carbocycles. The van der Waals surface area contributed by atoms with E-state index >= 15 is 0 Å². The normalized spacial score (nSPS) is 10.8. The van der Waals surface area contributed by atoms with Crippen LogP contribution in [0.4, 0.5) is 0 Å². The van der Waals surface area contributed by atoms with Crippen molar-refractivity contribution < 1.29 is 2.84 Å². The van der Waals surface area contributed by atoms with Gasteiger partial charge < -0.3 is 2.84 Å². The summed E-state index contributed by atoms with van der Waals surface area (Å²) in [7, 11) is 0. The first-order chi connectivity index (χ1) is 10.3. The zero-order valence-electron chi connectivity index (χ0n) is 15.3. The van der Waals surface area contributed by atoms with Gasteiger partial charge in [0.2, 0.25) is 0 Å². The second kappa shape index (κ2) is 19.1. The Morgan fingerprint density at radius 2 is 1.10 bits per heavy atom. The molecule has 0 unspecified atom stereocenters. The Morgan fingerprint density at radius 3 is 1.57 bits per heavy atom. The van der Waals surface area contributed by atoms with E-state index in [1.807, 2.05) is 0 Å². The Bertz CT molecular complexity index is 176. The Hall–Kier alpha value is 1.02. The molecule has 0 saturated heterocycles. The predicted molar refractivity (Wildman–Crippen MR) is 101 cm³/mol. The molecule has 0 aromatic rings. The number of hydrogen-bond donors (Lipinski definition) is 0. The van der Waals surface area contributed by atoms with Gasteiger partial charge in [-0.15, -0.1) is 0 Å². The first kappa shape index (κ1) is 22.0.